The van der Waals surface area contributed by atoms with Crippen LogP contribution in [0.1, 0.15) is 73.1 Å². The van der Waals surface area contributed by atoms with Gasteiger partial charge in [0, 0.05) is 13.3 Å². The van der Waals surface area contributed by atoms with Crippen molar-refractivity contribution in [1.82, 2.24) is 5.32 Å². The number of alkyl carbamates (subject to hydrolysis) is 1. The van der Waals surface area contributed by atoms with Crippen molar-refractivity contribution in [2.75, 3.05) is 6.54 Å². The van der Waals surface area contributed by atoms with E-state index < -0.39 is 29.4 Å². The zero-order valence-corrected chi connectivity index (χ0v) is 16.0. The molecule has 1 aliphatic rings. The fourth-order valence-electron chi connectivity index (χ4n) is 2.70. The molecule has 0 aromatic rings. The van der Waals surface area contributed by atoms with Gasteiger partial charge in [-0.1, -0.05) is 13.3 Å². The number of ether oxygens (including phenoxy) is 3. The van der Waals surface area contributed by atoms with E-state index in [9.17, 15) is 14.4 Å². The molecule has 0 aromatic carbocycles. The lowest BCUT2D eigenvalue weighted by Gasteiger charge is -2.36. The van der Waals surface area contributed by atoms with Gasteiger partial charge in [-0.25, -0.2) is 4.79 Å². The third-order valence-electron chi connectivity index (χ3n) is 4.10. The molecule has 144 valence electrons. The van der Waals surface area contributed by atoms with Gasteiger partial charge in [0.2, 0.25) is 6.29 Å². The fourth-order valence-corrected chi connectivity index (χ4v) is 2.70. The van der Waals surface area contributed by atoms with Gasteiger partial charge in [0.25, 0.3) is 0 Å². The van der Waals surface area contributed by atoms with Gasteiger partial charge in [-0.3, -0.25) is 9.59 Å². The normalized spacial score (nSPS) is 18.0. The van der Waals surface area contributed by atoms with Crippen molar-refractivity contribution in [3.63, 3.8) is 0 Å². The molecule has 7 nitrogen and oxygen atoms in total. The van der Waals surface area contributed by atoms with E-state index in [1.54, 1.807) is 27.7 Å². The first-order chi connectivity index (χ1) is 11.6. The summed E-state index contributed by atoms with van der Waals surface area (Å²) in [4.78, 5) is 35.3. The second-order valence-corrected chi connectivity index (χ2v) is 7.59. The lowest BCUT2D eigenvalue weighted by atomic mass is 9.84. The van der Waals surface area contributed by atoms with Gasteiger partial charge in [0.05, 0.1) is 12.0 Å². The molecular formula is C18H31NO6. The Balaban J connectivity index is 2.55. The highest BCUT2D eigenvalue weighted by Gasteiger charge is 2.36. The topological polar surface area (TPSA) is 90.9 Å². The maximum atomic E-state index is 12.0. The maximum Gasteiger partial charge on any atom is 0.410 e. The molecule has 7 heteroatoms. The van der Waals surface area contributed by atoms with Crippen LogP contribution < -0.4 is 5.32 Å². The quantitative estimate of drug-likeness (QED) is 0.579. The summed E-state index contributed by atoms with van der Waals surface area (Å²) in [5.41, 5.74) is -1.35. The number of amides is 1. The minimum atomic E-state index is -0.942. The van der Waals surface area contributed by atoms with E-state index in [1.807, 2.05) is 0 Å². The minimum absolute atomic E-state index is 0.190. The fraction of sp³-hybridized carbons (Fsp3) is 0.833. The van der Waals surface area contributed by atoms with Gasteiger partial charge in [0.15, 0.2) is 0 Å². The average molecular weight is 357 g/mol. The van der Waals surface area contributed by atoms with Crippen LogP contribution in [0.5, 0.6) is 0 Å². The van der Waals surface area contributed by atoms with Crippen LogP contribution in [0, 0.1) is 5.41 Å². The molecular weight excluding hydrogens is 326 g/mol. The molecule has 0 spiro atoms. The molecule has 1 amide bonds. The van der Waals surface area contributed by atoms with E-state index in [1.165, 1.54) is 6.92 Å². The zero-order valence-electron chi connectivity index (χ0n) is 16.0. The third kappa shape index (κ3) is 7.32. The number of carbonyl (C=O) groups is 3. The highest BCUT2D eigenvalue weighted by atomic mass is 16.7. The predicted molar refractivity (Wildman–Crippen MR) is 91.7 cm³/mol. The summed E-state index contributed by atoms with van der Waals surface area (Å²) < 4.78 is 15.9. The van der Waals surface area contributed by atoms with Crippen LogP contribution in [0.4, 0.5) is 4.79 Å². The van der Waals surface area contributed by atoms with Crippen LogP contribution in [0.15, 0.2) is 0 Å². The Hall–Kier alpha value is -1.79. The van der Waals surface area contributed by atoms with E-state index in [2.05, 4.69) is 5.32 Å². The van der Waals surface area contributed by atoms with E-state index in [4.69, 9.17) is 14.2 Å². The summed E-state index contributed by atoms with van der Waals surface area (Å²) in [5.74, 6) is -0.793. The Bertz CT molecular complexity index is 476. The highest BCUT2D eigenvalue weighted by molar-refractivity contribution is 5.75. The number of hydrogen-bond donors (Lipinski definition) is 1. The first-order valence-electron chi connectivity index (χ1n) is 8.93. The van der Waals surface area contributed by atoms with Gasteiger partial charge in [-0.15, -0.1) is 0 Å². The third-order valence-corrected chi connectivity index (χ3v) is 4.10. The lowest BCUT2D eigenvalue weighted by Crippen LogP contribution is -2.48. The van der Waals surface area contributed by atoms with Gasteiger partial charge in [-0.2, -0.15) is 0 Å². The van der Waals surface area contributed by atoms with E-state index in [0.717, 1.165) is 19.3 Å². The molecule has 1 unspecified atom stereocenters. The minimum Gasteiger partial charge on any atom is -0.457 e. The van der Waals surface area contributed by atoms with Gasteiger partial charge < -0.3 is 19.5 Å². The Morgan fingerprint density at radius 1 is 1.08 bits per heavy atom. The molecule has 1 aliphatic carbocycles. The molecule has 25 heavy (non-hydrogen) atoms. The van der Waals surface area contributed by atoms with Crippen molar-refractivity contribution in [2.24, 2.45) is 5.41 Å². The summed E-state index contributed by atoms with van der Waals surface area (Å²) in [5, 5.41) is 2.65. The molecule has 1 N–H and O–H groups in total. The Labute approximate surface area is 149 Å². The van der Waals surface area contributed by atoms with Gasteiger partial charge in [0.1, 0.15) is 5.60 Å². The van der Waals surface area contributed by atoms with Gasteiger partial charge in [-0.05, 0) is 46.5 Å². The molecule has 0 bridgehead atoms. The average Bonchev–Trinajstić information content (AvgIpc) is 2.51. The molecule has 0 aliphatic heterocycles. The number of nitrogens with one attached hydrogen (secondary N) is 1. The van der Waals surface area contributed by atoms with Gasteiger partial charge >= 0.3 is 18.0 Å². The van der Waals surface area contributed by atoms with Crippen molar-refractivity contribution >= 4 is 18.0 Å². The molecule has 0 saturated heterocycles. The van der Waals surface area contributed by atoms with Crippen LogP contribution in [-0.2, 0) is 23.8 Å². The van der Waals surface area contributed by atoms with Crippen LogP contribution >= 0.6 is 0 Å². The molecule has 0 heterocycles. The van der Waals surface area contributed by atoms with Crippen molar-refractivity contribution in [1.29, 1.82) is 0 Å². The zero-order chi connectivity index (χ0) is 19.1. The second kappa shape index (κ2) is 9.06. The number of hydrogen-bond acceptors (Lipinski definition) is 6. The summed E-state index contributed by atoms with van der Waals surface area (Å²) in [6.45, 7) is 8.51. The first kappa shape index (κ1) is 21.3. The largest absolute Gasteiger partial charge is 0.457 e. The van der Waals surface area contributed by atoms with Crippen molar-refractivity contribution in [3.05, 3.63) is 0 Å². The maximum absolute atomic E-state index is 12.0. The Morgan fingerprint density at radius 3 is 2.16 bits per heavy atom. The van der Waals surface area contributed by atoms with E-state index in [-0.39, 0.29) is 12.5 Å². The van der Waals surface area contributed by atoms with Crippen LogP contribution in [0.3, 0.4) is 0 Å². The van der Waals surface area contributed by atoms with Crippen molar-refractivity contribution < 1.29 is 28.6 Å². The second-order valence-electron chi connectivity index (χ2n) is 7.59. The summed E-state index contributed by atoms with van der Waals surface area (Å²) in [6.07, 6.45) is 3.13. The molecule has 0 radical (unpaired) electrons. The van der Waals surface area contributed by atoms with Crippen LogP contribution in [0.2, 0.25) is 0 Å². The summed E-state index contributed by atoms with van der Waals surface area (Å²) in [7, 11) is 0. The number of carbonyl (C=O) groups excluding carboxylic acids is 3. The monoisotopic (exact) mass is 357 g/mol. The molecule has 1 fully saturated rings. The first-order valence-corrected chi connectivity index (χ1v) is 8.93. The molecule has 0 aromatic heterocycles. The standard InChI is InChI=1S/C18H31NO6/c1-6-14(23-15(21)17(3,4)5)24-16(22)19-12-18(25-13(2)20)10-8-7-9-11-18/h14H,6-12H2,1-5H3,(H,19,22). The van der Waals surface area contributed by atoms with Crippen molar-refractivity contribution in [2.45, 2.75) is 85.0 Å². The van der Waals surface area contributed by atoms with Crippen LogP contribution in [-0.4, -0.2) is 36.5 Å². The van der Waals surface area contributed by atoms with Crippen molar-refractivity contribution in [3.8, 4) is 0 Å². The highest BCUT2D eigenvalue weighted by Crippen LogP contribution is 2.31. The lowest BCUT2D eigenvalue weighted by molar-refractivity contribution is -0.178. The molecule has 1 saturated carbocycles. The number of rotatable bonds is 6. The summed E-state index contributed by atoms with van der Waals surface area (Å²) >= 11 is 0. The SMILES string of the molecule is CCC(OC(=O)NCC1(OC(C)=O)CCCCC1)OC(=O)C(C)(C)C. The van der Waals surface area contributed by atoms with Crippen LogP contribution in [0.25, 0.3) is 0 Å². The summed E-state index contributed by atoms with van der Waals surface area (Å²) in [6, 6.07) is 0. The Kier molecular flexibility index (Phi) is 7.70. The predicted octanol–water partition coefficient (Wildman–Crippen LogP) is 3.30. The van der Waals surface area contributed by atoms with E-state index in [0.29, 0.717) is 19.3 Å². The molecule has 1 atom stereocenters. The molecule has 1 rings (SSSR count). The number of esters is 2. The smallest absolute Gasteiger partial charge is 0.410 e. The Morgan fingerprint density at radius 2 is 1.68 bits per heavy atom. The van der Waals surface area contributed by atoms with E-state index >= 15 is 0 Å².